The van der Waals surface area contributed by atoms with Crippen LogP contribution in [-0.4, -0.2) is 20.4 Å². The van der Waals surface area contributed by atoms with Crippen LogP contribution in [-0.2, 0) is 21.0 Å². The van der Waals surface area contributed by atoms with Gasteiger partial charge in [0.2, 0.25) is 15.9 Å². The van der Waals surface area contributed by atoms with Gasteiger partial charge in [-0.1, -0.05) is 17.7 Å². The molecule has 2 aromatic rings. The third-order valence-corrected chi connectivity index (χ3v) is 5.12. The third-order valence-electron chi connectivity index (χ3n) is 3.31. The molecule has 0 aromatic heterocycles. The van der Waals surface area contributed by atoms with Crippen LogP contribution in [0.1, 0.15) is 12.5 Å². The summed E-state index contributed by atoms with van der Waals surface area (Å²) < 4.78 is 64.6. The van der Waals surface area contributed by atoms with Crippen molar-refractivity contribution in [2.45, 2.75) is 24.0 Å². The summed E-state index contributed by atoms with van der Waals surface area (Å²) in [6.45, 7) is 1.27. The number of rotatable bonds is 5. The molecule has 1 atom stereocenters. The highest BCUT2D eigenvalue weighted by Gasteiger charge is 2.30. The fourth-order valence-corrected chi connectivity index (χ4v) is 3.32. The fraction of sp³-hybridized carbons (Fsp3) is 0.188. The number of carbonyl (C=O) groups excluding carboxylic acids is 1. The summed E-state index contributed by atoms with van der Waals surface area (Å²) in [7, 11) is -3.99. The molecule has 0 saturated carbocycles. The zero-order valence-corrected chi connectivity index (χ0v) is 14.9. The number of hydrogen-bond acceptors (Lipinski definition) is 3. The van der Waals surface area contributed by atoms with Gasteiger partial charge in [-0.25, -0.2) is 8.42 Å². The van der Waals surface area contributed by atoms with Gasteiger partial charge in [-0.05, 0) is 49.4 Å². The Bertz CT molecular complexity index is 900. The quantitative estimate of drug-likeness (QED) is 0.795. The van der Waals surface area contributed by atoms with Gasteiger partial charge in [-0.15, -0.1) is 0 Å². The average molecular weight is 407 g/mol. The molecule has 26 heavy (non-hydrogen) atoms. The maximum Gasteiger partial charge on any atom is 0.416 e. The first-order chi connectivity index (χ1) is 12.0. The lowest BCUT2D eigenvalue weighted by Crippen LogP contribution is -2.41. The molecule has 10 heteroatoms. The topological polar surface area (TPSA) is 75.3 Å². The van der Waals surface area contributed by atoms with E-state index in [1.54, 1.807) is 0 Å². The van der Waals surface area contributed by atoms with Gasteiger partial charge in [0, 0.05) is 10.7 Å². The van der Waals surface area contributed by atoms with Gasteiger partial charge in [0.25, 0.3) is 0 Å². The van der Waals surface area contributed by atoms with E-state index in [1.807, 2.05) is 0 Å². The van der Waals surface area contributed by atoms with Crippen molar-refractivity contribution in [1.29, 1.82) is 0 Å². The van der Waals surface area contributed by atoms with E-state index in [0.717, 1.165) is 18.2 Å². The highest BCUT2D eigenvalue weighted by molar-refractivity contribution is 7.89. The summed E-state index contributed by atoms with van der Waals surface area (Å²) in [6.07, 6.45) is -4.55. The molecule has 0 radical (unpaired) electrons. The van der Waals surface area contributed by atoms with E-state index in [0.29, 0.717) is 5.02 Å². The van der Waals surface area contributed by atoms with Crippen LogP contribution >= 0.6 is 11.6 Å². The number of amides is 1. The van der Waals surface area contributed by atoms with Crippen LogP contribution in [0.3, 0.4) is 0 Å². The van der Waals surface area contributed by atoms with Crippen molar-refractivity contribution in [2.75, 3.05) is 5.32 Å². The molecule has 5 nitrogen and oxygen atoms in total. The second kappa shape index (κ2) is 7.65. The van der Waals surface area contributed by atoms with Gasteiger partial charge in [0.05, 0.1) is 16.5 Å². The molecule has 0 aliphatic heterocycles. The molecule has 2 rings (SSSR count). The molecule has 0 aliphatic rings. The molecule has 0 fully saturated rings. The molecule has 0 heterocycles. The van der Waals surface area contributed by atoms with E-state index in [2.05, 4.69) is 10.0 Å². The van der Waals surface area contributed by atoms with Crippen molar-refractivity contribution in [3.8, 4) is 0 Å². The molecular formula is C16H14ClF3N2O3S. The van der Waals surface area contributed by atoms with Crippen LogP contribution in [0.4, 0.5) is 18.9 Å². The monoisotopic (exact) mass is 406 g/mol. The Kier molecular flexibility index (Phi) is 5.94. The Balaban J connectivity index is 2.09. The van der Waals surface area contributed by atoms with Gasteiger partial charge >= 0.3 is 6.18 Å². The molecule has 0 bridgehead atoms. The summed E-state index contributed by atoms with van der Waals surface area (Å²) in [5, 5.41) is 2.60. The molecular weight excluding hydrogens is 393 g/mol. The lowest BCUT2D eigenvalue weighted by atomic mass is 10.2. The van der Waals surface area contributed by atoms with Gasteiger partial charge in [-0.3, -0.25) is 4.79 Å². The number of hydrogen-bond donors (Lipinski definition) is 2. The molecule has 0 aliphatic carbocycles. The average Bonchev–Trinajstić information content (AvgIpc) is 2.54. The van der Waals surface area contributed by atoms with Crippen LogP contribution < -0.4 is 10.0 Å². The zero-order valence-electron chi connectivity index (χ0n) is 13.3. The van der Waals surface area contributed by atoms with Gasteiger partial charge in [0.15, 0.2) is 0 Å². The van der Waals surface area contributed by atoms with Gasteiger partial charge in [0.1, 0.15) is 0 Å². The minimum Gasteiger partial charge on any atom is -0.325 e. The van der Waals surface area contributed by atoms with E-state index in [-0.39, 0.29) is 10.6 Å². The summed E-state index contributed by atoms with van der Waals surface area (Å²) in [5.41, 5.74) is -1.02. The summed E-state index contributed by atoms with van der Waals surface area (Å²) in [5.74, 6) is -0.804. The van der Waals surface area contributed by atoms with Crippen molar-refractivity contribution >= 4 is 33.2 Å². The van der Waals surface area contributed by atoms with Crippen molar-refractivity contribution in [2.24, 2.45) is 0 Å². The second-order valence-corrected chi connectivity index (χ2v) is 7.52. The predicted molar refractivity (Wildman–Crippen MR) is 91.3 cm³/mol. The standard InChI is InChI=1S/C16H14ClF3N2O3S/c1-10(22-26(24,25)14-7-5-12(17)6-8-14)15(23)21-13-4-2-3-11(9-13)16(18,19)20/h2-10,22H,1H3,(H,21,23)/t10-/m0/s1. The number of anilines is 1. The first-order valence-electron chi connectivity index (χ1n) is 7.25. The Morgan fingerprint density at radius 2 is 1.73 bits per heavy atom. The summed E-state index contributed by atoms with van der Waals surface area (Å²) in [6, 6.07) is 8.11. The first kappa shape index (κ1) is 20.2. The van der Waals surface area contributed by atoms with Gasteiger partial charge in [-0.2, -0.15) is 17.9 Å². The summed E-state index contributed by atoms with van der Waals surface area (Å²) in [4.78, 5) is 12.0. The smallest absolute Gasteiger partial charge is 0.325 e. The molecule has 0 saturated heterocycles. The number of alkyl halides is 3. The number of benzene rings is 2. The van der Waals surface area contributed by atoms with Crippen molar-refractivity contribution < 1.29 is 26.4 Å². The van der Waals surface area contributed by atoms with E-state index < -0.39 is 33.7 Å². The Labute approximate surface area is 153 Å². The molecule has 2 N–H and O–H groups in total. The number of sulfonamides is 1. The minimum atomic E-state index is -4.55. The van der Waals surface area contributed by atoms with E-state index in [9.17, 15) is 26.4 Å². The molecule has 140 valence electrons. The Morgan fingerprint density at radius 1 is 1.12 bits per heavy atom. The number of halogens is 4. The summed E-state index contributed by atoms with van der Waals surface area (Å²) >= 11 is 5.69. The molecule has 2 aromatic carbocycles. The van der Waals surface area contributed by atoms with E-state index in [4.69, 9.17) is 11.6 Å². The maximum atomic E-state index is 12.7. The van der Waals surface area contributed by atoms with E-state index in [1.165, 1.54) is 37.3 Å². The number of carbonyl (C=O) groups is 1. The lowest BCUT2D eigenvalue weighted by molar-refractivity contribution is -0.137. The van der Waals surface area contributed by atoms with Crippen molar-refractivity contribution in [3.63, 3.8) is 0 Å². The van der Waals surface area contributed by atoms with Crippen molar-refractivity contribution in [1.82, 2.24) is 4.72 Å². The molecule has 1 amide bonds. The molecule has 0 unspecified atom stereocenters. The highest BCUT2D eigenvalue weighted by Crippen LogP contribution is 2.30. The minimum absolute atomic E-state index is 0.0950. The van der Waals surface area contributed by atoms with Gasteiger partial charge < -0.3 is 5.32 Å². The predicted octanol–water partition coefficient (Wildman–Crippen LogP) is 3.66. The lowest BCUT2D eigenvalue weighted by Gasteiger charge is -2.15. The zero-order chi connectivity index (χ0) is 19.5. The largest absolute Gasteiger partial charge is 0.416 e. The van der Waals surface area contributed by atoms with Crippen LogP contribution in [0.2, 0.25) is 5.02 Å². The van der Waals surface area contributed by atoms with Crippen LogP contribution in [0, 0.1) is 0 Å². The second-order valence-electron chi connectivity index (χ2n) is 5.36. The van der Waals surface area contributed by atoms with Crippen LogP contribution in [0.5, 0.6) is 0 Å². The SMILES string of the molecule is C[C@H](NS(=O)(=O)c1ccc(Cl)cc1)C(=O)Nc1cccc(C(F)(F)F)c1. The molecule has 0 spiro atoms. The maximum absolute atomic E-state index is 12.7. The number of nitrogens with one attached hydrogen (secondary N) is 2. The first-order valence-corrected chi connectivity index (χ1v) is 9.11. The van der Waals surface area contributed by atoms with Crippen LogP contribution in [0.25, 0.3) is 0 Å². The van der Waals surface area contributed by atoms with Crippen molar-refractivity contribution in [3.05, 3.63) is 59.1 Å². The van der Waals surface area contributed by atoms with Crippen LogP contribution in [0.15, 0.2) is 53.4 Å². The Morgan fingerprint density at radius 3 is 2.31 bits per heavy atom. The van der Waals surface area contributed by atoms with E-state index >= 15 is 0 Å². The highest BCUT2D eigenvalue weighted by atomic mass is 35.5. The third kappa shape index (κ3) is 5.20. The normalized spacial score (nSPS) is 13.3. The Hall–Kier alpha value is -2.10. The fourth-order valence-electron chi connectivity index (χ4n) is 1.99.